The van der Waals surface area contributed by atoms with Crippen LogP contribution in [0.2, 0.25) is 0 Å². The molecule has 0 heterocycles. The SMILES string of the molecule is CCOc1ccc(Br)cc1NC(=O)CC(O)C(C)C. The summed E-state index contributed by atoms with van der Waals surface area (Å²) in [6, 6.07) is 5.43. The van der Waals surface area contributed by atoms with Crippen LogP contribution in [0.3, 0.4) is 0 Å². The van der Waals surface area contributed by atoms with Crippen LogP contribution in [0, 0.1) is 5.92 Å². The van der Waals surface area contributed by atoms with Crippen LogP contribution < -0.4 is 10.1 Å². The molecule has 1 aromatic rings. The minimum atomic E-state index is -0.636. The van der Waals surface area contributed by atoms with Gasteiger partial charge in [-0.25, -0.2) is 0 Å². The van der Waals surface area contributed by atoms with Crippen molar-refractivity contribution in [2.24, 2.45) is 5.92 Å². The Morgan fingerprint density at radius 2 is 2.16 bits per heavy atom. The number of ether oxygens (including phenoxy) is 1. The third-order valence-corrected chi connectivity index (χ3v) is 3.17. The summed E-state index contributed by atoms with van der Waals surface area (Å²) in [6.07, 6.45) is -0.557. The third kappa shape index (κ3) is 5.20. The Morgan fingerprint density at radius 1 is 1.47 bits per heavy atom. The van der Waals surface area contributed by atoms with Crippen molar-refractivity contribution in [1.29, 1.82) is 0 Å². The molecular formula is C14H20BrNO3. The van der Waals surface area contributed by atoms with Crippen LogP contribution >= 0.6 is 15.9 Å². The molecule has 0 saturated carbocycles. The summed E-state index contributed by atoms with van der Waals surface area (Å²) in [4.78, 5) is 11.9. The van der Waals surface area contributed by atoms with Crippen LogP contribution in [0.1, 0.15) is 27.2 Å². The zero-order valence-corrected chi connectivity index (χ0v) is 13.0. The van der Waals surface area contributed by atoms with E-state index in [4.69, 9.17) is 4.74 Å². The van der Waals surface area contributed by atoms with Crippen LogP contribution in [0.15, 0.2) is 22.7 Å². The number of halogens is 1. The number of rotatable bonds is 6. The Balaban J connectivity index is 2.75. The largest absolute Gasteiger partial charge is 0.492 e. The second-order valence-electron chi connectivity index (χ2n) is 4.64. The van der Waals surface area contributed by atoms with Crippen molar-refractivity contribution in [3.63, 3.8) is 0 Å². The van der Waals surface area contributed by atoms with Crippen molar-refractivity contribution in [2.75, 3.05) is 11.9 Å². The molecule has 1 unspecified atom stereocenters. The zero-order chi connectivity index (χ0) is 14.4. The number of benzene rings is 1. The number of carbonyl (C=O) groups excluding carboxylic acids is 1. The smallest absolute Gasteiger partial charge is 0.227 e. The molecule has 0 bridgehead atoms. The number of anilines is 1. The number of amides is 1. The Bertz CT molecular complexity index is 435. The molecule has 2 N–H and O–H groups in total. The molecule has 0 aliphatic carbocycles. The number of hydrogen-bond acceptors (Lipinski definition) is 3. The molecule has 0 spiro atoms. The van der Waals surface area contributed by atoms with E-state index in [0.717, 1.165) is 4.47 Å². The second-order valence-corrected chi connectivity index (χ2v) is 5.55. The minimum Gasteiger partial charge on any atom is -0.492 e. The van der Waals surface area contributed by atoms with Gasteiger partial charge in [-0.3, -0.25) is 4.79 Å². The summed E-state index contributed by atoms with van der Waals surface area (Å²) in [5.41, 5.74) is 0.609. The van der Waals surface area contributed by atoms with Crippen molar-refractivity contribution < 1.29 is 14.6 Å². The van der Waals surface area contributed by atoms with Gasteiger partial charge in [0, 0.05) is 4.47 Å². The van der Waals surface area contributed by atoms with E-state index in [1.54, 1.807) is 12.1 Å². The monoisotopic (exact) mass is 329 g/mol. The molecule has 19 heavy (non-hydrogen) atoms. The second kappa shape index (κ2) is 7.50. The van der Waals surface area contributed by atoms with Crippen molar-refractivity contribution in [2.45, 2.75) is 33.3 Å². The molecular weight excluding hydrogens is 310 g/mol. The fourth-order valence-corrected chi connectivity index (χ4v) is 1.87. The molecule has 4 nitrogen and oxygen atoms in total. The van der Waals surface area contributed by atoms with Crippen molar-refractivity contribution >= 4 is 27.5 Å². The molecule has 106 valence electrons. The fraction of sp³-hybridized carbons (Fsp3) is 0.500. The first kappa shape index (κ1) is 16.0. The Kier molecular flexibility index (Phi) is 6.31. The Morgan fingerprint density at radius 3 is 2.74 bits per heavy atom. The van der Waals surface area contributed by atoms with E-state index in [9.17, 15) is 9.90 Å². The van der Waals surface area contributed by atoms with E-state index >= 15 is 0 Å². The van der Waals surface area contributed by atoms with E-state index < -0.39 is 6.10 Å². The molecule has 1 atom stereocenters. The van der Waals surface area contributed by atoms with E-state index in [2.05, 4.69) is 21.2 Å². The fourth-order valence-electron chi connectivity index (χ4n) is 1.51. The molecule has 0 fully saturated rings. The van der Waals surface area contributed by atoms with Gasteiger partial charge in [-0.15, -0.1) is 0 Å². The van der Waals surface area contributed by atoms with E-state index in [1.807, 2.05) is 26.8 Å². The quantitative estimate of drug-likeness (QED) is 0.842. The average Bonchev–Trinajstić information content (AvgIpc) is 2.32. The predicted molar refractivity (Wildman–Crippen MR) is 79.4 cm³/mol. The van der Waals surface area contributed by atoms with Crippen LogP contribution in [0.5, 0.6) is 5.75 Å². The summed E-state index contributed by atoms with van der Waals surface area (Å²) in [5, 5.41) is 12.5. The normalized spacial score (nSPS) is 12.3. The highest BCUT2D eigenvalue weighted by Gasteiger charge is 2.15. The summed E-state index contributed by atoms with van der Waals surface area (Å²) in [5.74, 6) is 0.456. The summed E-state index contributed by atoms with van der Waals surface area (Å²) in [6.45, 7) is 6.17. The van der Waals surface area contributed by atoms with Crippen LogP contribution in [0.25, 0.3) is 0 Å². The van der Waals surface area contributed by atoms with Crippen molar-refractivity contribution in [3.05, 3.63) is 22.7 Å². The van der Waals surface area contributed by atoms with E-state index in [-0.39, 0.29) is 18.2 Å². The maximum Gasteiger partial charge on any atom is 0.227 e. The molecule has 0 radical (unpaired) electrons. The standard InChI is InChI=1S/C14H20BrNO3/c1-4-19-13-6-5-10(15)7-11(13)16-14(18)8-12(17)9(2)3/h5-7,9,12,17H,4,8H2,1-3H3,(H,16,18). The lowest BCUT2D eigenvalue weighted by Crippen LogP contribution is -2.23. The summed E-state index contributed by atoms with van der Waals surface area (Å²) in [7, 11) is 0. The predicted octanol–water partition coefficient (Wildman–Crippen LogP) is 3.19. The number of aliphatic hydroxyl groups is 1. The average molecular weight is 330 g/mol. The maximum atomic E-state index is 11.9. The van der Waals surface area contributed by atoms with E-state index in [0.29, 0.717) is 18.0 Å². The molecule has 1 amide bonds. The lowest BCUT2D eigenvalue weighted by Gasteiger charge is -2.15. The highest BCUT2D eigenvalue weighted by Crippen LogP contribution is 2.28. The van der Waals surface area contributed by atoms with Crippen LogP contribution in [-0.4, -0.2) is 23.7 Å². The van der Waals surface area contributed by atoms with Gasteiger partial charge < -0.3 is 15.2 Å². The van der Waals surface area contributed by atoms with Gasteiger partial charge >= 0.3 is 0 Å². The van der Waals surface area contributed by atoms with Gasteiger partial charge in [0.25, 0.3) is 0 Å². The number of carbonyl (C=O) groups is 1. The number of aliphatic hydroxyl groups excluding tert-OH is 1. The number of hydrogen-bond donors (Lipinski definition) is 2. The lowest BCUT2D eigenvalue weighted by molar-refractivity contribution is -0.118. The first-order chi connectivity index (χ1) is 8.93. The molecule has 5 heteroatoms. The first-order valence-electron chi connectivity index (χ1n) is 6.34. The van der Waals surface area contributed by atoms with Gasteiger partial charge in [-0.2, -0.15) is 0 Å². The van der Waals surface area contributed by atoms with Gasteiger partial charge in [0.05, 0.1) is 24.8 Å². The molecule has 1 rings (SSSR count). The van der Waals surface area contributed by atoms with Gasteiger partial charge in [-0.05, 0) is 31.0 Å². The molecule has 1 aromatic carbocycles. The van der Waals surface area contributed by atoms with Gasteiger partial charge in [0.1, 0.15) is 5.75 Å². The van der Waals surface area contributed by atoms with E-state index in [1.165, 1.54) is 0 Å². The van der Waals surface area contributed by atoms with Crippen LogP contribution in [0.4, 0.5) is 5.69 Å². The molecule has 0 aromatic heterocycles. The zero-order valence-electron chi connectivity index (χ0n) is 11.4. The third-order valence-electron chi connectivity index (χ3n) is 2.68. The first-order valence-corrected chi connectivity index (χ1v) is 7.13. The summed E-state index contributed by atoms with van der Waals surface area (Å²) >= 11 is 3.36. The van der Waals surface area contributed by atoms with Gasteiger partial charge in [-0.1, -0.05) is 29.8 Å². The lowest BCUT2D eigenvalue weighted by atomic mass is 10.0. The van der Waals surface area contributed by atoms with Crippen molar-refractivity contribution in [1.82, 2.24) is 0 Å². The molecule has 0 aliphatic rings. The van der Waals surface area contributed by atoms with Crippen molar-refractivity contribution in [3.8, 4) is 5.75 Å². The van der Waals surface area contributed by atoms with Gasteiger partial charge in [0.15, 0.2) is 0 Å². The number of nitrogens with one attached hydrogen (secondary N) is 1. The summed E-state index contributed by atoms with van der Waals surface area (Å²) < 4.78 is 6.30. The van der Waals surface area contributed by atoms with Gasteiger partial charge in [0.2, 0.25) is 5.91 Å². The highest BCUT2D eigenvalue weighted by atomic mass is 79.9. The molecule has 0 aliphatic heterocycles. The topological polar surface area (TPSA) is 58.6 Å². The highest BCUT2D eigenvalue weighted by molar-refractivity contribution is 9.10. The maximum absolute atomic E-state index is 11.9. The molecule has 0 saturated heterocycles. The van der Waals surface area contributed by atoms with Crippen LogP contribution in [-0.2, 0) is 4.79 Å². The minimum absolute atomic E-state index is 0.0552. The Labute approximate surface area is 122 Å². The Hall–Kier alpha value is -1.07.